The molecule has 3 aromatic rings. The average Bonchev–Trinajstić information content (AvgIpc) is 2.48. The van der Waals surface area contributed by atoms with Crippen LogP contribution in [0.5, 0.6) is 5.75 Å². The molecule has 0 saturated carbocycles. The van der Waals surface area contributed by atoms with Gasteiger partial charge in [-0.1, -0.05) is 23.7 Å². The van der Waals surface area contributed by atoms with Gasteiger partial charge in [0.05, 0.1) is 10.9 Å². The van der Waals surface area contributed by atoms with Gasteiger partial charge in [-0.3, -0.25) is 4.79 Å². The largest absolute Gasteiger partial charge is 0.508 e. The lowest BCUT2D eigenvalue weighted by atomic mass is 10.0. The van der Waals surface area contributed by atoms with E-state index in [0.29, 0.717) is 27.4 Å². The van der Waals surface area contributed by atoms with Gasteiger partial charge in [-0.25, -0.2) is 0 Å². The molecule has 1 heterocycles. The highest BCUT2D eigenvalue weighted by atomic mass is 35.5. The molecule has 2 aromatic carbocycles. The van der Waals surface area contributed by atoms with Crippen molar-refractivity contribution >= 4 is 28.5 Å². The fraction of sp³-hybridized carbons (Fsp3) is 0.167. The van der Waals surface area contributed by atoms with Gasteiger partial charge < -0.3 is 14.8 Å². The van der Waals surface area contributed by atoms with Gasteiger partial charge in [0.2, 0.25) is 11.3 Å². The number of benzene rings is 2. The highest BCUT2D eigenvalue weighted by molar-refractivity contribution is 6.30. The predicted molar refractivity (Wildman–Crippen MR) is 93.4 cm³/mol. The lowest BCUT2D eigenvalue weighted by Gasteiger charge is -2.14. The zero-order valence-corrected chi connectivity index (χ0v) is 13.5. The first-order valence-corrected chi connectivity index (χ1v) is 7.66. The summed E-state index contributed by atoms with van der Waals surface area (Å²) >= 11 is 5.93. The summed E-state index contributed by atoms with van der Waals surface area (Å²) in [6, 6.07) is 11.6. The molecule has 118 valence electrons. The summed E-state index contributed by atoms with van der Waals surface area (Å²) in [5.74, 6) is 0.431. The molecule has 1 aromatic heterocycles. The van der Waals surface area contributed by atoms with Crippen LogP contribution in [0.4, 0.5) is 5.88 Å². The fourth-order valence-electron chi connectivity index (χ4n) is 2.42. The van der Waals surface area contributed by atoms with Crippen LogP contribution >= 0.6 is 11.6 Å². The van der Waals surface area contributed by atoms with Crippen LogP contribution in [-0.4, -0.2) is 11.1 Å². The van der Waals surface area contributed by atoms with Crippen molar-refractivity contribution in [1.82, 2.24) is 0 Å². The minimum atomic E-state index is -0.156. The number of phenolic OH excluding ortho intramolecular Hbond substituents is 1. The van der Waals surface area contributed by atoms with Gasteiger partial charge in [0.15, 0.2) is 0 Å². The minimum Gasteiger partial charge on any atom is -0.508 e. The summed E-state index contributed by atoms with van der Waals surface area (Å²) in [4.78, 5) is 12.9. The normalized spacial score (nSPS) is 11.1. The third-order valence-corrected chi connectivity index (χ3v) is 3.68. The Morgan fingerprint density at radius 3 is 2.48 bits per heavy atom. The molecule has 0 spiro atoms. The van der Waals surface area contributed by atoms with Gasteiger partial charge in [0.25, 0.3) is 0 Å². The van der Waals surface area contributed by atoms with E-state index >= 15 is 0 Å². The van der Waals surface area contributed by atoms with Crippen LogP contribution in [0.15, 0.2) is 51.7 Å². The highest BCUT2D eigenvalue weighted by Crippen LogP contribution is 2.31. The number of phenols is 1. The van der Waals surface area contributed by atoms with Gasteiger partial charge in [0.1, 0.15) is 11.3 Å². The molecule has 0 aliphatic rings. The molecular weight excluding hydrogens is 314 g/mol. The van der Waals surface area contributed by atoms with Crippen molar-refractivity contribution in [1.29, 1.82) is 0 Å². The Morgan fingerprint density at radius 2 is 1.83 bits per heavy atom. The van der Waals surface area contributed by atoms with Crippen molar-refractivity contribution in [3.8, 4) is 16.9 Å². The zero-order chi connectivity index (χ0) is 16.6. The van der Waals surface area contributed by atoms with Crippen molar-refractivity contribution in [3.05, 3.63) is 57.7 Å². The van der Waals surface area contributed by atoms with Crippen LogP contribution in [0.2, 0.25) is 5.02 Å². The summed E-state index contributed by atoms with van der Waals surface area (Å²) in [6.45, 7) is 3.91. The molecule has 2 N–H and O–H groups in total. The second-order valence-corrected chi connectivity index (χ2v) is 6.06. The van der Waals surface area contributed by atoms with Crippen molar-refractivity contribution in [2.24, 2.45) is 0 Å². The lowest BCUT2D eigenvalue weighted by molar-refractivity contribution is 0.474. The third kappa shape index (κ3) is 3.03. The number of fused-ring (bicyclic) bond motifs is 1. The maximum absolute atomic E-state index is 12.9. The van der Waals surface area contributed by atoms with E-state index in [9.17, 15) is 9.90 Å². The Hall–Kier alpha value is -2.46. The monoisotopic (exact) mass is 329 g/mol. The van der Waals surface area contributed by atoms with Crippen molar-refractivity contribution in [2.45, 2.75) is 19.9 Å². The Balaban J connectivity index is 2.33. The first-order valence-electron chi connectivity index (χ1n) is 7.28. The van der Waals surface area contributed by atoms with Crippen LogP contribution in [0, 0.1) is 0 Å². The molecule has 0 saturated heterocycles. The van der Waals surface area contributed by atoms with Crippen LogP contribution in [0.1, 0.15) is 13.8 Å². The molecule has 0 atom stereocenters. The lowest BCUT2D eigenvalue weighted by Crippen LogP contribution is -2.15. The number of hydrogen-bond donors (Lipinski definition) is 2. The number of anilines is 1. The fourth-order valence-corrected chi connectivity index (χ4v) is 2.55. The van der Waals surface area contributed by atoms with E-state index in [1.54, 1.807) is 30.3 Å². The van der Waals surface area contributed by atoms with Crippen LogP contribution in [0.25, 0.3) is 22.1 Å². The maximum Gasteiger partial charge on any atom is 0.205 e. The van der Waals surface area contributed by atoms with E-state index in [4.69, 9.17) is 16.0 Å². The molecule has 0 aliphatic heterocycles. The van der Waals surface area contributed by atoms with Crippen LogP contribution < -0.4 is 10.7 Å². The average molecular weight is 330 g/mol. The third-order valence-electron chi connectivity index (χ3n) is 3.43. The summed E-state index contributed by atoms with van der Waals surface area (Å²) in [7, 11) is 0. The topological polar surface area (TPSA) is 62.5 Å². The van der Waals surface area contributed by atoms with Gasteiger partial charge in [-0.05, 0) is 43.7 Å². The van der Waals surface area contributed by atoms with Crippen molar-refractivity contribution in [3.63, 3.8) is 0 Å². The number of rotatable bonds is 3. The van der Waals surface area contributed by atoms with Crippen LogP contribution in [-0.2, 0) is 0 Å². The second kappa shape index (κ2) is 5.97. The number of halogens is 1. The second-order valence-electron chi connectivity index (χ2n) is 5.62. The Morgan fingerprint density at radius 1 is 1.13 bits per heavy atom. The SMILES string of the molecule is CC(C)Nc1oc2cc(O)ccc2c(=O)c1-c1ccc(Cl)cc1. The number of aromatic hydroxyl groups is 1. The van der Waals surface area contributed by atoms with Crippen LogP contribution in [0.3, 0.4) is 0 Å². The Labute approximate surface area is 138 Å². The molecule has 0 bridgehead atoms. The van der Waals surface area contributed by atoms with E-state index in [2.05, 4.69) is 5.32 Å². The van der Waals surface area contributed by atoms with E-state index < -0.39 is 0 Å². The summed E-state index contributed by atoms with van der Waals surface area (Å²) in [5, 5.41) is 13.8. The summed E-state index contributed by atoms with van der Waals surface area (Å²) < 4.78 is 5.85. The quantitative estimate of drug-likeness (QED) is 0.734. The molecule has 0 amide bonds. The van der Waals surface area contributed by atoms with E-state index in [1.165, 1.54) is 12.1 Å². The number of nitrogens with one attached hydrogen (secondary N) is 1. The van der Waals surface area contributed by atoms with Crippen molar-refractivity contribution < 1.29 is 9.52 Å². The molecule has 0 aliphatic carbocycles. The van der Waals surface area contributed by atoms with Crippen molar-refractivity contribution in [2.75, 3.05) is 5.32 Å². The molecule has 0 radical (unpaired) electrons. The Kier molecular flexibility index (Phi) is 4.01. The minimum absolute atomic E-state index is 0.0513. The standard InChI is InChI=1S/C18H16ClNO3/c1-10(2)20-18-16(11-3-5-12(19)6-4-11)17(22)14-8-7-13(21)9-15(14)23-18/h3-10,20-21H,1-2H3. The number of hydrogen-bond acceptors (Lipinski definition) is 4. The predicted octanol–water partition coefficient (Wildman–Crippen LogP) is 4.64. The first-order chi connectivity index (χ1) is 11.0. The van der Waals surface area contributed by atoms with Gasteiger partial charge >= 0.3 is 0 Å². The molecule has 0 unspecified atom stereocenters. The zero-order valence-electron chi connectivity index (χ0n) is 12.8. The first kappa shape index (κ1) is 15.4. The summed E-state index contributed by atoms with van der Waals surface area (Å²) in [5.41, 5.74) is 1.36. The van der Waals surface area contributed by atoms with Gasteiger partial charge in [-0.15, -0.1) is 0 Å². The van der Waals surface area contributed by atoms with Gasteiger partial charge in [0, 0.05) is 17.1 Å². The summed E-state index contributed by atoms with van der Waals surface area (Å²) in [6.07, 6.45) is 0. The molecule has 5 heteroatoms. The highest BCUT2D eigenvalue weighted by Gasteiger charge is 2.17. The molecular formula is C18H16ClNO3. The van der Waals surface area contributed by atoms with E-state index in [0.717, 1.165) is 5.56 Å². The van der Waals surface area contributed by atoms with E-state index in [1.807, 2.05) is 13.8 Å². The molecule has 23 heavy (non-hydrogen) atoms. The smallest absolute Gasteiger partial charge is 0.205 e. The molecule has 0 fully saturated rings. The Bertz CT molecular complexity index is 914. The van der Waals surface area contributed by atoms with E-state index in [-0.39, 0.29) is 17.2 Å². The molecule has 3 rings (SSSR count). The van der Waals surface area contributed by atoms with Gasteiger partial charge in [-0.2, -0.15) is 0 Å². The maximum atomic E-state index is 12.9. The molecule has 4 nitrogen and oxygen atoms in total.